The maximum absolute atomic E-state index is 13.0. The number of nitrogens with zero attached hydrogens (tertiary/aromatic N) is 4. The summed E-state index contributed by atoms with van der Waals surface area (Å²) in [5.74, 6) is -0.450. The average Bonchev–Trinajstić information content (AvgIpc) is 2.75. The first kappa shape index (κ1) is 22.1. The van der Waals surface area contributed by atoms with Crippen LogP contribution in [0.5, 0.6) is 0 Å². The molecule has 2 heterocycles. The number of morpholine rings is 1. The zero-order valence-electron chi connectivity index (χ0n) is 17.5. The van der Waals surface area contributed by atoms with Crippen LogP contribution in [0.1, 0.15) is 30.0 Å². The number of benzene rings is 1. The summed E-state index contributed by atoms with van der Waals surface area (Å²) in [7, 11) is -3.67. The quantitative estimate of drug-likeness (QED) is 0.711. The first-order valence-electron chi connectivity index (χ1n) is 9.93. The van der Waals surface area contributed by atoms with Crippen molar-refractivity contribution in [3.63, 3.8) is 0 Å². The van der Waals surface area contributed by atoms with Crippen molar-refractivity contribution in [1.82, 2.24) is 14.3 Å². The van der Waals surface area contributed by atoms with Crippen molar-refractivity contribution >= 4 is 27.3 Å². The van der Waals surface area contributed by atoms with E-state index in [2.05, 4.69) is 20.2 Å². The molecule has 0 atom stereocenters. The van der Waals surface area contributed by atoms with E-state index in [0.717, 1.165) is 5.69 Å². The number of ether oxygens (including phenoxy) is 1. The molecule has 1 N–H and O–H groups in total. The Labute approximate surface area is 177 Å². The lowest BCUT2D eigenvalue weighted by molar-refractivity contribution is 0.102. The molecule has 2 aromatic rings. The monoisotopic (exact) mass is 433 g/mol. The van der Waals surface area contributed by atoms with Gasteiger partial charge in [-0.2, -0.15) is 4.31 Å². The fourth-order valence-corrected chi connectivity index (χ4v) is 4.75. The lowest BCUT2D eigenvalue weighted by Gasteiger charge is -2.31. The van der Waals surface area contributed by atoms with Crippen LogP contribution in [0.2, 0.25) is 0 Å². The summed E-state index contributed by atoms with van der Waals surface area (Å²) in [6.07, 6.45) is 2.91. The summed E-state index contributed by atoms with van der Waals surface area (Å²) in [5, 5.41) is 2.82. The van der Waals surface area contributed by atoms with Crippen molar-refractivity contribution in [2.45, 2.75) is 25.7 Å². The Bertz CT molecular complexity index is 985. The summed E-state index contributed by atoms with van der Waals surface area (Å²) in [6.45, 7) is 8.53. The second-order valence-corrected chi connectivity index (χ2v) is 8.80. The number of rotatable bonds is 7. The highest BCUT2D eigenvalue weighted by atomic mass is 32.2. The van der Waals surface area contributed by atoms with Gasteiger partial charge in [-0.1, -0.05) is 13.8 Å². The molecular formula is C20H27N5O4S. The first-order chi connectivity index (χ1) is 14.4. The number of carbonyl (C=O) groups excluding carboxylic acids is 1. The Morgan fingerprint density at radius 2 is 1.87 bits per heavy atom. The van der Waals surface area contributed by atoms with E-state index in [1.807, 2.05) is 0 Å². The molecule has 162 valence electrons. The van der Waals surface area contributed by atoms with Gasteiger partial charge in [-0.3, -0.25) is 9.78 Å². The van der Waals surface area contributed by atoms with E-state index in [-0.39, 0.29) is 10.6 Å². The zero-order chi connectivity index (χ0) is 21.7. The number of aryl methyl sites for hydroxylation is 1. The average molecular weight is 434 g/mol. The van der Waals surface area contributed by atoms with E-state index < -0.39 is 15.9 Å². The maximum atomic E-state index is 13.0. The summed E-state index contributed by atoms with van der Waals surface area (Å²) in [6, 6.07) is 4.83. The minimum absolute atomic E-state index is 0.133. The predicted octanol–water partition coefficient (Wildman–Crippen LogP) is 1.90. The molecule has 1 amide bonds. The molecule has 1 aromatic heterocycles. The predicted molar refractivity (Wildman–Crippen MR) is 114 cm³/mol. The summed E-state index contributed by atoms with van der Waals surface area (Å²) in [4.78, 5) is 23.2. The molecule has 0 aliphatic carbocycles. The smallest absolute Gasteiger partial charge is 0.275 e. The number of carbonyl (C=O) groups is 1. The van der Waals surface area contributed by atoms with Gasteiger partial charge in [0.05, 0.1) is 41.4 Å². The highest BCUT2D eigenvalue weighted by Gasteiger charge is 2.25. The van der Waals surface area contributed by atoms with Gasteiger partial charge in [-0.15, -0.1) is 0 Å². The van der Waals surface area contributed by atoms with E-state index in [1.54, 1.807) is 32.9 Å². The molecule has 1 aliphatic rings. The molecular weight excluding hydrogens is 406 g/mol. The van der Waals surface area contributed by atoms with Gasteiger partial charge in [0.2, 0.25) is 10.0 Å². The molecule has 1 aliphatic heterocycles. The fraction of sp³-hybridized carbons (Fsp3) is 0.450. The number of amides is 1. The van der Waals surface area contributed by atoms with E-state index >= 15 is 0 Å². The fourth-order valence-electron chi connectivity index (χ4n) is 3.26. The number of hydrogen-bond acceptors (Lipinski definition) is 7. The number of nitrogens with one attached hydrogen (secondary N) is 1. The Morgan fingerprint density at radius 3 is 2.47 bits per heavy atom. The second kappa shape index (κ2) is 9.50. The van der Waals surface area contributed by atoms with E-state index in [0.29, 0.717) is 50.8 Å². The Balaban J connectivity index is 1.99. The van der Waals surface area contributed by atoms with Crippen LogP contribution in [0, 0.1) is 6.92 Å². The number of anilines is 2. The van der Waals surface area contributed by atoms with Crippen molar-refractivity contribution in [2.75, 3.05) is 49.6 Å². The summed E-state index contributed by atoms with van der Waals surface area (Å²) < 4.78 is 32.8. The van der Waals surface area contributed by atoms with Crippen LogP contribution < -0.4 is 10.2 Å². The normalized spacial score (nSPS) is 14.7. The van der Waals surface area contributed by atoms with Crippen LogP contribution >= 0.6 is 0 Å². The molecule has 0 saturated carbocycles. The Morgan fingerprint density at radius 1 is 1.17 bits per heavy atom. The minimum atomic E-state index is -3.67. The number of sulfonamides is 1. The molecule has 10 heteroatoms. The van der Waals surface area contributed by atoms with Gasteiger partial charge in [-0.05, 0) is 25.1 Å². The summed E-state index contributed by atoms with van der Waals surface area (Å²) >= 11 is 0. The maximum Gasteiger partial charge on any atom is 0.275 e. The molecule has 9 nitrogen and oxygen atoms in total. The van der Waals surface area contributed by atoms with Crippen LogP contribution in [-0.4, -0.2) is 68.0 Å². The highest BCUT2D eigenvalue weighted by molar-refractivity contribution is 7.89. The van der Waals surface area contributed by atoms with Gasteiger partial charge in [0, 0.05) is 32.4 Å². The second-order valence-electron chi connectivity index (χ2n) is 6.86. The molecule has 3 rings (SSSR count). The molecule has 0 spiro atoms. The van der Waals surface area contributed by atoms with Gasteiger partial charge in [-0.25, -0.2) is 13.4 Å². The Kier molecular flexibility index (Phi) is 7.01. The minimum Gasteiger partial charge on any atom is -0.378 e. The topological polar surface area (TPSA) is 105 Å². The lowest BCUT2D eigenvalue weighted by atomic mass is 10.2. The van der Waals surface area contributed by atoms with Crippen LogP contribution in [-0.2, 0) is 14.8 Å². The van der Waals surface area contributed by atoms with E-state index in [9.17, 15) is 13.2 Å². The number of aromatic nitrogens is 2. The van der Waals surface area contributed by atoms with Crippen molar-refractivity contribution in [3.05, 3.63) is 42.0 Å². The van der Waals surface area contributed by atoms with Crippen LogP contribution in [0.25, 0.3) is 0 Å². The van der Waals surface area contributed by atoms with Gasteiger partial charge in [0.1, 0.15) is 5.69 Å². The van der Waals surface area contributed by atoms with Crippen molar-refractivity contribution < 1.29 is 17.9 Å². The molecule has 1 aromatic carbocycles. The van der Waals surface area contributed by atoms with Crippen molar-refractivity contribution in [1.29, 1.82) is 0 Å². The van der Waals surface area contributed by atoms with Crippen LogP contribution in [0.4, 0.5) is 11.4 Å². The van der Waals surface area contributed by atoms with Gasteiger partial charge in [0.25, 0.3) is 5.91 Å². The van der Waals surface area contributed by atoms with Gasteiger partial charge < -0.3 is 15.0 Å². The largest absolute Gasteiger partial charge is 0.378 e. The molecule has 1 fully saturated rings. The SMILES string of the molecule is CCN(CC)S(=O)(=O)c1ccc(N2CCOCC2)c(NC(=O)c2cnc(C)cn2)c1. The highest BCUT2D eigenvalue weighted by Crippen LogP contribution is 2.31. The first-order valence-corrected chi connectivity index (χ1v) is 11.4. The van der Waals surface area contributed by atoms with Crippen LogP contribution in [0.3, 0.4) is 0 Å². The standard InChI is InChI=1S/C20H27N5O4S/c1-4-25(5-2)30(27,28)16-6-7-19(24-8-10-29-11-9-24)17(12-16)23-20(26)18-14-21-15(3)13-22-18/h6-7,12-14H,4-5,8-11H2,1-3H3,(H,23,26). The molecule has 0 radical (unpaired) electrons. The third kappa shape index (κ3) is 4.77. The van der Waals surface area contributed by atoms with Crippen molar-refractivity contribution in [2.24, 2.45) is 0 Å². The van der Waals surface area contributed by atoms with Gasteiger partial charge in [0.15, 0.2) is 0 Å². The third-order valence-electron chi connectivity index (χ3n) is 4.92. The Hall–Kier alpha value is -2.56. The van der Waals surface area contributed by atoms with Gasteiger partial charge >= 0.3 is 0 Å². The zero-order valence-corrected chi connectivity index (χ0v) is 18.3. The molecule has 0 bridgehead atoms. The number of hydrogen-bond donors (Lipinski definition) is 1. The van der Waals surface area contributed by atoms with E-state index in [1.165, 1.54) is 22.8 Å². The molecule has 0 unspecified atom stereocenters. The van der Waals surface area contributed by atoms with Crippen molar-refractivity contribution in [3.8, 4) is 0 Å². The lowest BCUT2D eigenvalue weighted by Crippen LogP contribution is -2.37. The van der Waals surface area contributed by atoms with Crippen LogP contribution in [0.15, 0.2) is 35.5 Å². The third-order valence-corrected chi connectivity index (χ3v) is 6.97. The van der Waals surface area contributed by atoms with E-state index in [4.69, 9.17) is 4.74 Å². The molecule has 30 heavy (non-hydrogen) atoms. The molecule has 1 saturated heterocycles. The summed E-state index contributed by atoms with van der Waals surface area (Å²) in [5.41, 5.74) is 2.01.